The highest BCUT2D eigenvalue weighted by molar-refractivity contribution is 7.96. The van der Waals surface area contributed by atoms with E-state index in [0.29, 0.717) is 0 Å². The molecule has 1 heterocycles. The van der Waals surface area contributed by atoms with Crippen LogP contribution in [0.2, 0.25) is 0 Å². The topological polar surface area (TPSA) is 102 Å². The maximum Gasteiger partial charge on any atom is 0.347 e. The number of rotatable bonds is 5. The highest BCUT2D eigenvalue weighted by atomic mass is 32.2. The van der Waals surface area contributed by atoms with Gasteiger partial charge in [0, 0.05) is 0 Å². The number of sulfone groups is 1. The lowest BCUT2D eigenvalue weighted by atomic mass is 10.3. The Labute approximate surface area is 143 Å². The number of carboxylic acid groups (broad SMARTS) is 1. The van der Waals surface area contributed by atoms with Crippen LogP contribution in [0.25, 0.3) is 11.8 Å². The van der Waals surface area contributed by atoms with Gasteiger partial charge in [-0.15, -0.1) is 5.10 Å². The Bertz CT molecular complexity index is 1030. The number of aliphatic carboxylic acids is 1. The van der Waals surface area contributed by atoms with E-state index in [9.17, 15) is 18.3 Å². The molecule has 1 N–H and O–H groups in total. The zero-order chi connectivity index (χ0) is 17.9. The fraction of sp³-hybridized carbons (Fsp3) is 0. The molecule has 126 valence electrons. The highest BCUT2D eigenvalue weighted by Gasteiger charge is 2.27. The predicted octanol–water partition coefficient (Wildman–Crippen LogP) is 2.17. The van der Waals surface area contributed by atoms with Crippen molar-refractivity contribution in [3.8, 4) is 5.69 Å². The Kier molecular flexibility index (Phi) is 4.44. The van der Waals surface area contributed by atoms with E-state index in [-0.39, 0.29) is 10.6 Å². The molecule has 0 spiro atoms. The normalized spacial score (nSPS) is 12.1. The van der Waals surface area contributed by atoms with Crippen molar-refractivity contribution < 1.29 is 18.3 Å². The summed E-state index contributed by atoms with van der Waals surface area (Å²) in [6, 6.07) is 16.4. The largest absolute Gasteiger partial charge is 0.477 e. The van der Waals surface area contributed by atoms with Gasteiger partial charge in [-0.25, -0.2) is 17.9 Å². The first-order chi connectivity index (χ1) is 12.0. The van der Waals surface area contributed by atoms with E-state index < -0.39 is 20.7 Å². The van der Waals surface area contributed by atoms with E-state index >= 15 is 0 Å². The van der Waals surface area contributed by atoms with Gasteiger partial charge in [0.15, 0.2) is 4.91 Å². The van der Waals surface area contributed by atoms with Gasteiger partial charge in [-0.1, -0.05) is 41.6 Å². The number of hydrogen-bond donors (Lipinski definition) is 1. The van der Waals surface area contributed by atoms with Gasteiger partial charge in [-0.3, -0.25) is 0 Å². The van der Waals surface area contributed by atoms with Gasteiger partial charge < -0.3 is 5.11 Å². The number of hydrogen-bond acceptors (Lipinski definition) is 5. The zero-order valence-electron chi connectivity index (χ0n) is 12.9. The third kappa shape index (κ3) is 3.48. The maximum absolute atomic E-state index is 12.6. The molecule has 7 nitrogen and oxygen atoms in total. The summed E-state index contributed by atoms with van der Waals surface area (Å²) in [7, 11) is -4.17. The molecule has 0 saturated heterocycles. The second kappa shape index (κ2) is 6.70. The van der Waals surface area contributed by atoms with Crippen molar-refractivity contribution in [2.45, 2.75) is 4.90 Å². The van der Waals surface area contributed by atoms with Crippen molar-refractivity contribution in [3.63, 3.8) is 0 Å². The average molecular weight is 355 g/mol. The first kappa shape index (κ1) is 16.6. The first-order valence-electron chi connectivity index (χ1n) is 7.21. The molecule has 0 bridgehead atoms. The average Bonchev–Trinajstić information content (AvgIpc) is 3.09. The summed E-state index contributed by atoms with van der Waals surface area (Å²) in [5.41, 5.74) is 0.846. The third-order valence-corrected chi connectivity index (χ3v) is 5.13. The monoisotopic (exact) mass is 355 g/mol. The van der Waals surface area contributed by atoms with Crippen LogP contribution in [0.3, 0.4) is 0 Å². The van der Waals surface area contributed by atoms with Crippen LogP contribution in [0.1, 0.15) is 5.69 Å². The van der Waals surface area contributed by atoms with Crippen molar-refractivity contribution in [2.24, 2.45) is 0 Å². The van der Waals surface area contributed by atoms with Gasteiger partial charge in [0.05, 0.1) is 16.8 Å². The smallest absolute Gasteiger partial charge is 0.347 e. The van der Waals surface area contributed by atoms with Crippen molar-refractivity contribution in [2.75, 3.05) is 0 Å². The van der Waals surface area contributed by atoms with Crippen LogP contribution in [0.15, 0.2) is 76.7 Å². The summed E-state index contributed by atoms with van der Waals surface area (Å²) >= 11 is 0. The molecule has 0 radical (unpaired) electrons. The van der Waals surface area contributed by atoms with Gasteiger partial charge in [-0.2, -0.15) is 0 Å². The Morgan fingerprint density at radius 3 is 2.20 bits per heavy atom. The number of benzene rings is 2. The molecule has 2 aromatic carbocycles. The Balaban J connectivity index is 2.03. The molecule has 0 fully saturated rings. The molecule has 1 aromatic heterocycles. The minimum Gasteiger partial charge on any atom is -0.477 e. The van der Waals surface area contributed by atoms with Crippen molar-refractivity contribution >= 4 is 21.9 Å². The van der Waals surface area contributed by atoms with Gasteiger partial charge in [-0.05, 0) is 30.3 Å². The van der Waals surface area contributed by atoms with E-state index in [1.807, 2.05) is 18.2 Å². The molecule has 0 aliphatic heterocycles. The molecule has 25 heavy (non-hydrogen) atoms. The predicted molar refractivity (Wildman–Crippen MR) is 90.6 cm³/mol. The molecule has 0 aliphatic carbocycles. The molecule has 0 amide bonds. The molecule has 0 atom stereocenters. The second-order valence-electron chi connectivity index (χ2n) is 5.05. The Morgan fingerprint density at radius 1 is 1.00 bits per heavy atom. The van der Waals surface area contributed by atoms with E-state index in [1.165, 1.54) is 35.1 Å². The van der Waals surface area contributed by atoms with E-state index in [4.69, 9.17) is 0 Å². The lowest BCUT2D eigenvalue weighted by molar-refractivity contribution is -0.131. The molecule has 0 unspecified atom stereocenters. The van der Waals surface area contributed by atoms with Crippen LogP contribution in [0, 0.1) is 0 Å². The van der Waals surface area contributed by atoms with E-state index in [0.717, 1.165) is 11.8 Å². The molecule has 3 rings (SSSR count). The fourth-order valence-electron chi connectivity index (χ4n) is 2.16. The summed E-state index contributed by atoms with van der Waals surface area (Å²) in [4.78, 5) is 10.6. The van der Waals surface area contributed by atoms with Gasteiger partial charge in [0.2, 0.25) is 9.84 Å². The van der Waals surface area contributed by atoms with Gasteiger partial charge in [0.1, 0.15) is 5.69 Å². The lowest BCUT2D eigenvalue weighted by Gasteiger charge is -2.04. The molecule has 0 aliphatic rings. The van der Waals surface area contributed by atoms with Gasteiger partial charge in [0.25, 0.3) is 0 Å². The molecular formula is C17H13N3O4S. The molecule has 3 aromatic rings. The molecule has 8 heteroatoms. The van der Waals surface area contributed by atoms with E-state index in [2.05, 4.69) is 10.3 Å². The third-order valence-electron chi connectivity index (χ3n) is 3.36. The number of nitrogens with zero attached hydrogens (tertiary/aromatic N) is 3. The number of carboxylic acids is 1. The SMILES string of the molecule is O=C(O)/C(=C/c1cn(-c2ccccc2)nn1)S(=O)(=O)c1ccccc1. The molecule has 0 saturated carbocycles. The van der Waals surface area contributed by atoms with Gasteiger partial charge >= 0.3 is 5.97 Å². The van der Waals surface area contributed by atoms with Crippen molar-refractivity contribution in [1.82, 2.24) is 15.0 Å². The van der Waals surface area contributed by atoms with Crippen LogP contribution in [-0.2, 0) is 14.6 Å². The summed E-state index contributed by atoms with van der Waals surface area (Å²) in [5, 5.41) is 17.1. The minimum atomic E-state index is -4.17. The Hall–Kier alpha value is -3.26. The molecular weight excluding hydrogens is 342 g/mol. The first-order valence-corrected chi connectivity index (χ1v) is 8.70. The number of para-hydroxylation sites is 1. The summed E-state index contributed by atoms with van der Waals surface area (Å²) in [6.07, 6.45) is 2.45. The summed E-state index contributed by atoms with van der Waals surface area (Å²) < 4.78 is 26.5. The van der Waals surface area contributed by atoms with Crippen LogP contribution >= 0.6 is 0 Å². The van der Waals surface area contributed by atoms with Crippen LogP contribution < -0.4 is 0 Å². The second-order valence-corrected chi connectivity index (χ2v) is 6.97. The van der Waals surface area contributed by atoms with Crippen molar-refractivity contribution in [3.05, 3.63) is 77.5 Å². The highest BCUT2D eigenvalue weighted by Crippen LogP contribution is 2.21. The minimum absolute atomic E-state index is 0.0981. The maximum atomic E-state index is 12.6. The summed E-state index contributed by atoms with van der Waals surface area (Å²) in [5.74, 6) is -1.56. The van der Waals surface area contributed by atoms with Crippen LogP contribution in [0.4, 0.5) is 0 Å². The van der Waals surface area contributed by atoms with E-state index in [1.54, 1.807) is 18.2 Å². The van der Waals surface area contributed by atoms with Crippen molar-refractivity contribution in [1.29, 1.82) is 0 Å². The quantitative estimate of drug-likeness (QED) is 0.704. The number of carbonyl (C=O) groups is 1. The lowest BCUT2D eigenvalue weighted by Crippen LogP contribution is -2.13. The standard InChI is InChI=1S/C17H13N3O4S/c21-17(22)16(25(23,24)15-9-5-2-6-10-15)11-13-12-20(19-18-13)14-7-3-1-4-8-14/h1-12H,(H,21,22)/b16-11-. The fourth-order valence-corrected chi connectivity index (χ4v) is 3.44. The summed E-state index contributed by atoms with van der Waals surface area (Å²) in [6.45, 7) is 0. The Morgan fingerprint density at radius 2 is 1.60 bits per heavy atom. The van der Waals surface area contributed by atoms with Crippen LogP contribution in [-0.4, -0.2) is 34.5 Å². The number of aromatic nitrogens is 3. The zero-order valence-corrected chi connectivity index (χ0v) is 13.7. The van der Waals surface area contributed by atoms with Crippen LogP contribution in [0.5, 0.6) is 0 Å².